The number of benzene rings is 3. The fourth-order valence-electron chi connectivity index (χ4n) is 4.25. The Morgan fingerprint density at radius 3 is 2.50 bits per heavy atom. The molecular weight excluding hydrogens is 429 g/mol. The van der Waals surface area contributed by atoms with Gasteiger partial charge in [0, 0.05) is 30.4 Å². The molecule has 2 heterocycles. The molecule has 1 saturated heterocycles. The van der Waals surface area contributed by atoms with Crippen LogP contribution in [0.15, 0.2) is 79.0 Å². The van der Waals surface area contributed by atoms with E-state index in [1.54, 1.807) is 12.3 Å². The molecule has 6 heteroatoms. The second-order valence-electron chi connectivity index (χ2n) is 8.48. The van der Waals surface area contributed by atoms with Gasteiger partial charge in [-0.25, -0.2) is 4.39 Å². The van der Waals surface area contributed by atoms with Crippen molar-refractivity contribution in [2.45, 2.75) is 25.9 Å². The van der Waals surface area contributed by atoms with Crippen LogP contribution in [-0.2, 0) is 6.61 Å². The van der Waals surface area contributed by atoms with E-state index < -0.39 is 0 Å². The van der Waals surface area contributed by atoms with Gasteiger partial charge in [0.05, 0.1) is 16.8 Å². The van der Waals surface area contributed by atoms with Crippen molar-refractivity contribution in [1.82, 2.24) is 9.88 Å². The quantitative estimate of drug-likeness (QED) is 0.370. The van der Waals surface area contributed by atoms with Crippen LogP contribution in [0.1, 0.15) is 35.2 Å². The third kappa shape index (κ3) is 4.86. The van der Waals surface area contributed by atoms with E-state index in [9.17, 15) is 9.18 Å². The Hall–Kier alpha value is -3.93. The maximum Gasteiger partial charge on any atom is 0.257 e. The van der Waals surface area contributed by atoms with Crippen molar-refractivity contribution in [2.24, 2.45) is 0 Å². The summed E-state index contributed by atoms with van der Waals surface area (Å²) in [5, 5.41) is 3.93. The minimum absolute atomic E-state index is 0.0799. The minimum atomic E-state index is -0.371. The first-order valence-corrected chi connectivity index (χ1v) is 11.6. The number of pyridine rings is 1. The zero-order chi connectivity index (χ0) is 23.3. The molecule has 0 spiro atoms. The van der Waals surface area contributed by atoms with Crippen LogP contribution in [0.2, 0.25) is 0 Å². The number of hydrogen-bond acceptors (Lipinski definition) is 4. The fourth-order valence-corrected chi connectivity index (χ4v) is 4.25. The zero-order valence-corrected chi connectivity index (χ0v) is 18.8. The number of carbonyl (C=O) groups is 1. The van der Waals surface area contributed by atoms with Gasteiger partial charge >= 0.3 is 0 Å². The largest absolute Gasteiger partial charge is 0.489 e. The van der Waals surface area contributed by atoms with Gasteiger partial charge in [0.1, 0.15) is 18.2 Å². The van der Waals surface area contributed by atoms with Gasteiger partial charge in [-0.2, -0.15) is 0 Å². The topological polar surface area (TPSA) is 54.5 Å². The summed E-state index contributed by atoms with van der Waals surface area (Å²) in [6, 6.07) is 21.9. The molecule has 0 saturated carbocycles. The van der Waals surface area contributed by atoms with Crippen molar-refractivity contribution in [3.63, 3.8) is 0 Å². The van der Waals surface area contributed by atoms with E-state index in [0.717, 1.165) is 49.4 Å². The van der Waals surface area contributed by atoms with Gasteiger partial charge in [0.25, 0.3) is 5.91 Å². The van der Waals surface area contributed by atoms with E-state index in [1.807, 2.05) is 59.5 Å². The average Bonchev–Trinajstić information content (AvgIpc) is 2.89. The maximum atomic E-state index is 14.2. The zero-order valence-electron chi connectivity index (χ0n) is 18.8. The number of fused-ring (bicyclic) bond motifs is 1. The summed E-state index contributed by atoms with van der Waals surface area (Å²) in [6.45, 7) is 1.94. The number of rotatable bonds is 6. The highest BCUT2D eigenvalue weighted by Gasteiger charge is 2.23. The second kappa shape index (κ2) is 9.91. The fraction of sp³-hybridized carbons (Fsp3) is 0.214. The molecule has 1 aromatic heterocycles. The van der Waals surface area contributed by atoms with Crippen molar-refractivity contribution < 1.29 is 13.9 Å². The van der Waals surface area contributed by atoms with Gasteiger partial charge in [-0.1, -0.05) is 30.3 Å². The van der Waals surface area contributed by atoms with Gasteiger partial charge in [-0.3, -0.25) is 9.78 Å². The summed E-state index contributed by atoms with van der Waals surface area (Å²) < 4.78 is 20.0. The van der Waals surface area contributed by atoms with Gasteiger partial charge in [-0.15, -0.1) is 0 Å². The first-order valence-electron chi connectivity index (χ1n) is 11.6. The number of halogens is 1. The lowest BCUT2D eigenvalue weighted by molar-refractivity contribution is 0.0725. The van der Waals surface area contributed by atoms with Gasteiger partial charge in [0.2, 0.25) is 0 Å². The predicted molar refractivity (Wildman–Crippen MR) is 132 cm³/mol. The summed E-state index contributed by atoms with van der Waals surface area (Å²) in [7, 11) is 0. The number of likely N-dealkylation sites (tertiary alicyclic amines) is 1. The first-order chi connectivity index (χ1) is 16.7. The molecule has 1 amide bonds. The number of amides is 1. The number of aromatic nitrogens is 1. The number of piperidine rings is 1. The third-order valence-corrected chi connectivity index (χ3v) is 6.08. The van der Waals surface area contributed by atoms with Gasteiger partial charge in [-0.05, 0) is 67.3 Å². The highest BCUT2D eigenvalue weighted by molar-refractivity contribution is 6.08. The lowest BCUT2D eigenvalue weighted by atomic mass is 10.1. The summed E-state index contributed by atoms with van der Waals surface area (Å²) in [6.07, 6.45) is 4.72. The van der Waals surface area contributed by atoms with Crippen LogP contribution < -0.4 is 10.1 Å². The Labute approximate surface area is 198 Å². The minimum Gasteiger partial charge on any atom is -0.489 e. The van der Waals surface area contributed by atoms with E-state index in [0.29, 0.717) is 28.8 Å². The molecule has 1 N–H and O–H groups in total. The summed E-state index contributed by atoms with van der Waals surface area (Å²) in [5.41, 5.74) is 3.51. The highest BCUT2D eigenvalue weighted by atomic mass is 19.1. The highest BCUT2D eigenvalue weighted by Crippen LogP contribution is 2.32. The Kier molecular flexibility index (Phi) is 6.38. The molecule has 0 unspecified atom stereocenters. The lowest BCUT2D eigenvalue weighted by Gasteiger charge is -2.27. The van der Waals surface area contributed by atoms with E-state index in [-0.39, 0.29) is 11.7 Å². The number of nitrogens with zero attached hydrogens (tertiary/aromatic N) is 2. The molecule has 3 aromatic carbocycles. The molecule has 0 radical (unpaired) electrons. The lowest BCUT2D eigenvalue weighted by Crippen LogP contribution is -2.36. The van der Waals surface area contributed by atoms with Crippen LogP contribution in [-0.4, -0.2) is 28.9 Å². The first kappa shape index (κ1) is 21.9. The molecule has 172 valence electrons. The smallest absolute Gasteiger partial charge is 0.257 e. The van der Waals surface area contributed by atoms with Gasteiger partial charge in [0.15, 0.2) is 0 Å². The number of anilines is 2. The molecule has 1 fully saturated rings. The Morgan fingerprint density at radius 2 is 1.74 bits per heavy atom. The molecule has 0 atom stereocenters. The van der Waals surface area contributed by atoms with E-state index in [1.165, 1.54) is 12.1 Å². The second-order valence-corrected chi connectivity index (χ2v) is 8.48. The summed E-state index contributed by atoms with van der Waals surface area (Å²) in [4.78, 5) is 19.6. The molecular formula is C28H26FN3O2. The Balaban J connectivity index is 1.42. The van der Waals surface area contributed by atoms with E-state index >= 15 is 0 Å². The summed E-state index contributed by atoms with van der Waals surface area (Å²) >= 11 is 0. The van der Waals surface area contributed by atoms with Crippen LogP contribution in [0.4, 0.5) is 15.8 Å². The Bertz CT molecular complexity index is 1290. The van der Waals surface area contributed by atoms with Crippen LogP contribution in [0, 0.1) is 5.82 Å². The molecule has 34 heavy (non-hydrogen) atoms. The van der Waals surface area contributed by atoms with Crippen LogP contribution in [0.25, 0.3) is 10.9 Å². The molecule has 0 bridgehead atoms. The van der Waals surface area contributed by atoms with Crippen molar-refractivity contribution in [3.8, 4) is 5.75 Å². The maximum absolute atomic E-state index is 14.2. The molecule has 0 aliphatic carbocycles. The SMILES string of the molecule is O=C(c1cnc2ccc(F)cc2c1Nc1ccc(OCc2ccccc2)cc1)N1CCCCC1. The van der Waals surface area contributed by atoms with E-state index in [4.69, 9.17) is 4.74 Å². The number of hydrogen-bond donors (Lipinski definition) is 1. The molecule has 1 aliphatic heterocycles. The normalized spacial score (nSPS) is 13.6. The molecule has 4 aromatic rings. The standard InChI is InChI=1S/C28H26FN3O2/c29-21-9-14-26-24(17-21)27(25(18-30-26)28(33)32-15-5-2-6-16-32)31-22-10-12-23(13-11-22)34-19-20-7-3-1-4-8-20/h1,3-4,7-14,17-18H,2,5-6,15-16,19H2,(H,30,31). The van der Waals surface area contributed by atoms with Crippen LogP contribution >= 0.6 is 0 Å². The van der Waals surface area contributed by atoms with E-state index in [2.05, 4.69) is 10.3 Å². The van der Waals surface area contributed by atoms with Crippen molar-refractivity contribution in [2.75, 3.05) is 18.4 Å². The van der Waals surface area contributed by atoms with Crippen molar-refractivity contribution in [3.05, 3.63) is 95.9 Å². The molecule has 5 rings (SSSR count). The predicted octanol–water partition coefficient (Wildman–Crippen LogP) is 6.32. The van der Waals surface area contributed by atoms with Crippen LogP contribution in [0.3, 0.4) is 0 Å². The third-order valence-electron chi connectivity index (χ3n) is 6.08. The monoisotopic (exact) mass is 455 g/mol. The molecule has 5 nitrogen and oxygen atoms in total. The van der Waals surface area contributed by atoms with Gasteiger partial charge < -0.3 is 15.0 Å². The number of carbonyl (C=O) groups excluding carboxylic acids is 1. The summed E-state index contributed by atoms with van der Waals surface area (Å²) in [5.74, 6) is 0.290. The number of ether oxygens (including phenoxy) is 1. The number of nitrogens with one attached hydrogen (secondary N) is 1. The molecule has 1 aliphatic rings. The Morgan fingerprint density at radius 1 is 0.971 bits per heavy atom. The van der Waals surface area contributed by atoms with Crippen molar-refractivity contribution >= 4 is 28.2 Å². The average molecular weight is 456 g/mol. The van der Waals surface area contributed by atoms with Crippen LogP contribution in [0.5, 0.6) is 5.75 Å². The van der Waals surface area contributed by atoms with Crippen molar-refractivity contribution in [1.29, 1.82) is 0 Å².